The van der Waals surface area contributed by atoms with Crippen LogP contribution in [0.3, 0.4) is 0 Å². The Morgan fingerprint density at radius 1 is 1.12 bits per heavy atom. The van der Waals surface area contributed by atoms with Crippen molar-refractivity contribution in [1.29, 1.82) is 0 Å². The van der Waals surface area contributed by atoms with Gasteiger partial charge in [0.25, 0.3) is 0 Å². The Kier molecular flexibility index (Phi) is 4.98. The highest BCUT2D eigenvalue weighted by atomic mass is 19.3. The number of hydrogen-bond donors (Lipinski definition) is 1. The molecular formula is C22H28F2N2. The topological polar surface area (TPSA) is 24.4 Å². The number of fused-ring (bicyclic) bond motifs is 1. The molecule has 140 valence electrons. The van der Waals surface area contributed by atoms with E-state index in [1.165, 1.54) is 36.8 Å². The summed E-state index contributed by atoms with van der Waals surface area (Å²) in [6.45, 7) is 2.40. The van der Waals surface area contributed by atoms with Crippen LogP contribution in [0.15, 0.2) is 45.8 Å². The van der Waals surface area contributed by atoms with Crippen molar-refractivity contribution >= 4 is 5.71 Å². The molecule has 26 heavy (non-hydrogen) atoms. The van der Waals surface area contributed by atoms with Gasteiger partial charge in [0, 0.05) is 37.1 Å². The maximum atomic E-state index is 13.6. The minimum Gasteiger partial charge on any atom is -0.310 e. The maximum Gasteiger partial charge on any atom is 0.249 e. The number of rotatable bonds is 2. The number of nitrogens with one attached hydrogen (secondary N) is 1. The van der Waals surface area contributed by atoms with Crippen LogP contribution in [0.2, 0.25) is 0 Å². The number of hydrogen-bond acceptors (Lipinski definition) is 2. The van der Waals surface area contributed by atoms with Crippen LogP contribution in [0.1, 0.15) is 58.3 Å². The number of dihydropyridines is 1. The van der Waals surface area contributed by atoms with Crippen molar-refractivity contribution < 1.29 is 8.78 Å². The zero-order valence-electron chi connectivity index (χ0n) is 15.5. The van der Waals surface area contributed by atoms with Gasteiger partial charge >= 0.3 is 0 Å². The van der Waals surface area contributed by atoms with Crippen LogP contribution in [0.4, 0.5) is 8.78 Å². The van der Waals surface area contributed by atoms with Gasteiger partial charge in [0.15, 0.2) is 0 Å². The van der Waals surface area contributed by atoms with E-state index >= 15 is 0 Å². The standard InChI is InChI=1S/C22H28F2N2/c1-15-13-19(20-7-4-10-22(23,24)11-12-25-20)18-9-8-17(14-21(18)26-15)16-5-2-3-6-16/h9,13-14,16,18,20,25H,2-7,10-12H2,1H3. The summed E-state index contributed by atoms with van der Waals surface area (Å²) in [5.74, 6) is -1.75. The van der Waals surface area contributed by atoms with Crippen molar-refractivity contribution in [3.05, 3.63) is 40.8 Å². The molecule has 0 aromatic carbocycles. The minimum absolute atomic E-state index is 0.000461. The second-order valence-electron chi connectivity index (χ2n) is 8.20. The molecule has 2 aliphatic heterocycles. The summed E-state index contributed by atoms with van der Waals surface area (Å²) in [5, 5.41) is 3.38. The monoisotopic (exact) mass is 358 g/mol. The molecule has 4 rings (SSSR count). The Morgan fingerprint density at radius 2 is 1.92 bits per heavy atom. The second-order valence-corrected chi connectivity index (χ2v) is 8.20. The van der Waals surface area contributed by atoms with Crippen molar-refractivity contribution in [2.75, 3.05) is 6.54 Å². The summed E-state index contributed by atoms with van der Waals surface area (Å²) < 4.78 is 27.3. The zero-order chi connectivity index (χ0) is 18.1. The molecule has 0 aromatic heterocycles. The fourth-order valence-electron chi connectivity index (χ4n) is 4.79. The first-order valence-corrected chi connectivity index (χ1v) is 10.1. The van der Waals surface area contributed by atoms with E-state index in [4.69, 9.17) is 4.99 Å². The van der Waals surface area contributed by atoms with E-state index in [9.17, 15) is 8.78 Å². The van der Waals surface area contributed by atoms with Gasteiger partial charge in [-0.3, -0.25) is 4.99 Å². The molecule has 2 aliphatic carbocycles. The first-order chi connectivity index (χ1) is 12.5. The van der Waals surface area contributed by atoms with E-state index in [1.54, 1.807) is 0 Å². The number of halogens is 2. The summed E-state index contributed by atoms with van der Waals surface area (Å²) in [7, 11) is 0. The molecule has 2 atom stereocenters. The number of allylic oxidation sites excluding steroid dienone is 3. The molecule has 1 saturated carbocycles. The van der Waals surface area contributed by atoms with Gasteiger partial charge in [-0.25, -0.2) is 8.78 Å². The Labute approximate surface area is 154 Å². The highest BCUT2D eigenvalue weighted by Gasteiger charge is 2.34. The summed E-state index contributed by atoms with van der Waals surface area (Å²) in [6, 6.07) is 0.149. The number of aliphatic imine (C=N–C) groups is 1. The van der Waals surface area contributed by atoms with Gasteiger partial charge in [-0.05, 0) is 67.9 Å². The third-order valence-electron chi connectivity index (χ3n) is 6.19. The SMILES string of the molecule is CC1=NC2=CC(C3CCCC3)=C=CC2C(C2CCCC(F)(F)CCN2)=C1. The van der Waals surface area contributed by atoms with Crippen molar-refractivity contribution in [1.82, 2.24) is 5.32 Å². The largest absolute Gasteiger partial charge is 0.310 e. The molecule has 0 spiro atoms. The van der Waals surface area contributed by atoms with E-state index in [0.29, 0.717) is 18.9 Å². The Bertz CT molecular complexity index is 704. The molecule has 2 heterocycles. The van der Waals surface area contributed by atoms with Crippen LogP contribution in [0.25, 0.3) is 0 Å². The van der Waals surface area contributed by atoms with Crippen molar-refractivity contribution in [2.45, 2.75) is 70.3 Å². The van der Waals surface area contributed by atoms with Crippen LogP contribution in [0, 0.1) is 11.8 Å². The lowest BCUT2D eigenvalue weighted by Crippen LogP contribution is -2.39. The predicted octanol–water partition coefficient (Wildman–Crippen LogP) is 5.34. The average Bonchev–Trinajstić information content (AvgIpc) is 3.12. The van der Waals surface area contributed by atoms with Crippen LogP contribution >= 0.6 is 0 Å². The third-order valence-corrected chi connectivity index (χ3v) is 6.19. The Balaban J connectivity index is 1.56. The van der Waals surface area contributed by atoms with Crippen LogP contribution < -0.4 is 5.32 Å². The maximum absolute atomic E-state index is 13.6. The van der Waals surface area contributed by atoms with Gasteiger partial charge in [-0.15, -0.1) is 5.73 Å². The van der Waals surface area contributed by atoms with Gasteiger partial charge < -0.3 is 5.32 Å². The van der Waals surface area contributed by atoms with Crippen molar-refractivity contribution in [2.24, 2.45) is 16.8 Å². The van der Waals surface area contributed by atoms with Gasteiger partial charge in [-0.1, -0.05) is 12.8 Å². The normalized spacial score (nSPS) is 32.0. The van der Waals surface area contributed by atoms with Gasteiger partial charge in [-0.2, -0.15) is 0 Å². The smallest absolute Gasteiger partial charge is 0.249 e. The summed E-state index contributed by atoms with van der Waals surface area (Å²) >= 11 is 0. The van der Waals surface area contributed by atoms with Crippen molar-refractivity contribution in [3.63, 3.8) is 0 Å². The summed E-state index contributed by atoms with van der Waals surface area (Å²) in [5.41, 5.74) is 8.23. The van der Waals surface area contributed by atoms with E-state index < -0.39 is 5.92 Å². The summed E-state index contributed by atoms with van der Waals surface area (Å²) in [4.78, 5) is 4.80. The molecule has 0 aromatic rings. The fourth-order valence-corrected chi connectivity index (χ4v) is 4.79. The van der Waals surface area contributed by atoms with Crippen LogP contribution in [-0.4, -0.2) is 24.2 Å². The molecule has 4 heteroatoms. The van der Waals surface area contributed by atoms with Gasteiger partial charge in [0.1, 0.15) is 0 Å². The number of nitrogens with zero attached hydrogens (tertiary/aromatic N) is 1. The van der Waals surface area contributed by atoms with E-state index in [0.717, 1.165) is 17.8 Å². The molecule has 1 N–H and O–H groups in total. The predicted molar refractivity (Wildman–Crippen MR) is 102 cm³/mol. The third kappa shape index (κ3) is 3.77. The zero-order valence-corrected chi connectivity index (χ0v) is 15.5. The first kappa shape index (κ1) is 17.9. The highest BCUT2D eigenvalue weighted by Crippen LogP contribution is 2.39. The number of alkyl halides is 2. The molecule has 0 radical (unpaired) electrons. The summed E-state index contributed by atoms with van der Waals surface area (Å²) in [6.07, 6.45) is 12.9. The van der Waals surface area contributed by atoms with E-state index in [-0.39, 0.29) is 24.8 Å². The van der Waals surface area contributed by atoms with Gasteiger partial charge in [0.2, 0.25) is 5.92 Å². The molecule has 2 unspecified atom stereocenters. The lowest BCUT2D eigenvalue weighted by Gasteiger charge is -2.33. The minimum atomic E-state index is -2.52. The molecule has 0 amide bonds. The molecule has 4 aliphatic rings. The quantitative estimate of drug-likeness (QED) is 0.662. The Hall–Kier alpha value is -1.51. The van der Waals surface area contributed by atoms with Crippen LogP contribution in [0.5, 0.6) is 0 Å². The Morgan fingerprint density at radius 3 is 2.73 bits per heavy atom. The second kappa shape index (κ2) is 7.25. The molecule has 1 saturated heterocycles. The molecule has 2 nitrogen and oxygen atoms in total. The highest BCUT2D eigenvalue weighted by molar-refractivity contribution is 5.95. The molecule has 2 fully saturated rings. The van der Waals surface area contributed by atoms with Crippen molar-refractivity contribution in [3.8, 4) is 0 Å². The average molecular weight is 358 g/mol. The fraction of sp³-hybridized carbons (Fsp3) is 0.636. The lowest BCUT2D eigenvalue weighted by molar-refractivity contribution is -0.0223. The van der Waals surface area contributed by atoms with Crippen LogP contribution in [-0.2, 0) is 0 Å². The van der Waals surface area contributed by atoms with Gasteiger partial charge in [0.05, 0.1) is 5.70 Å². The molecule has 0 bridgehead atoms. The first-order valence-electron chi connectivity index (χ1n) is 10.1. The van der Waals surface area contributed by atoms with E-state index in [2.05, 4.69) is 29.3 Å². The lowest BCUT2D eigenvalue weighted by atomic mass is 9.80. The van der Waals surface area contributed by atoms with E-state index in [1.807, 2.05) is 6.92 Å². The molecular weight excluding hydrogens is 330 g/mol.